The Hall–Kier alpha value is 4.22. The zero-order valence-electron chi connectivity index (χ0n) is 6.34. The summed E-state index contributed by atoms with van der Waals surface area (Å²) < 4.78 is 6.46. The second-order valence-corrected chi connectivity index (χ2v) is 7.76. The van der Waals surface area contributed by atoms with E-state index in [0.29, 0.717) is 0 Å². The van der Waals surface area contributed by atoms with Crippen LogP contribution in [0.2, 0.25) is 0 Å². The topological polar surface area (TPSA) is 0 Å². The first kappa shape index (κ1) is 17.2. The molecule has 0 fully saturated rings. The van der Waals surface area contributed by atoms with Crippen LogP contribution in [0, 0.1) is 17.9 Å². The summed E-state index contributed by atoms with van der Waals surface area (Å²) in [5.74, 6) is 0. The first-order valence-electron chi connectivity index (χ1n) is 2.67. The van der Waals surface area contributed by atoms with Gasteiger partial charge in [-0.15, -0.1) is 12.6 Å². The van der Waals surface area contributed by atoms with Crippen LogP contribution >= 0.6 is 126 Å². The first-order valence-corrected chi connectivity index (χ1v) is 8.51. The van der Waals surface area contributed by atoms with E-state index in [-0.39, 0.29) is 29.6 Å². The van der Waals surface area contributed by atoms with Gasteiger partial charge in [0, 0.05) is 52.3 Å². The molecule has 67 valence electrons. The van der Waals surface area contributed by atoms with E-state index in [2.05, 4.69) is 126 Å². The summed E-state index contributed by atoms with van der Waals surface area (Å²) in [6, 6.07) is 0. The van der Waals surface area contributed by atoms with Crippen LogP contribution in [0.5, 0.6) is 0 Å². The van der Waals surface area contributed by atoms with Crippen LogP contribution in [-0.2, 0) is 0 Å². The normalized spacial score (nSPS) is 9.69. The Morgan fingerprint density at radius 3 is 1.15 bits per heavy atom. The summed E-state index contributed by atoms with van der Waals surface area (Å²) in [6.45, 7) is 0. The number of benzene rings is 1. The summed E-state index contributed by atoms with van der Waals surface area (Å²) in [7, 11) is 0. The molecule has 0 bridgehead atoms. The quantitative estimate of drug-likeness (QED) is 0.129. The molecule has 1 rings (SSSR count). The molecule has 0 amide bonds. The van der Waals surface area contributed by atoms with Crippen molar-refractivity contribution in [2.45, 2.75) is 4.90 Å². The van der Waals surface area contributed by atoms with E-state index in [1.165, 1.54) is 17.9 Å². The average Bonchev–Trinajstić information content (AvgIpc) is 2.08. The van der Waals surface area contributed by atoms with Crippen molar-refractivity contribution in [3.63, 3.8) is 0 Å². The molecule has 0 atom stereocenters. The van der Waals surface area contributed by atoms with Crippen LogP contribution in [0.25, 0.3) is 0 Å². The number of thiol groups is 1. The largest absolute Gasteiger partial charge is 0.141 e. The molecule has 1 radical (unpaired) electrons. The van der Waals surface area contributed by atoms with Gasteiger partial charge in [0.05, 0.1) is 0 Å². The fourth-order valence-electron chi connectivity index (χ4n) is 0.593. The molecule has 7 heteroatoms. The van der Waals surface area contributed by atoms with Gasteiger partial charge in [-0.1, -0.05) is 0 Å². The van der Waals surface area contributed by atoms with E-state index in [0.717, 1.165) is 4.90 Å². The van der Waals surface area contributed by atoms with Crippen molar-refractivity contribution >= 4 is 155 Å². The van der Waals surface area contributed by atoms with Gasteiger partial charge in [0.15, 0.2) is 0 Å². The van der Waals surface area contributed by atoms with Crippen molar-refractivity contribution in [2.24, 2.45) is 0 Å². The molecule has 0 aliphatic carbocycles. The Kier molecular flexibility index (Phi) is 10.1. The Labute approximate surface area is 173 Å². The van der Waals surface area contributed by atoms with Gasteiger partial charge in [0.1, 0.15) is 0 Å². The van der Waals surface area contributed by atoms with Gasteiger partial charge in [-0.25, -0.2) is 0 Å². The molecule has 1 aromatic rings. The zero-order valence-corrected chi connectivity index (χ0v) is 20.0. The molecule has 0 unspecified atom stereocenters. The summed E-state index contributed by atoms with van der Waals surface area (Å²) in [5, 5.41) is 0. The van der Waals surface area contributed by atoms with Crippen molar-refractivity contribution < 1.29 is 0 Å². The standard InChI is InChI=1S/C6HI5S.Na/c7-1-2(8)4(10)6(12)5(11)3(1)9;/h12H;. The smallest absolute Gasteiger partial charge is 0.0420 e. The minimum absolute atomic E-state index is 0. The van der Waals surface area contributed by atoms with E-state index in [1.54, 1.807) is 0 Å². The molecule has 0 aliphatic heterocycles. The molecule has 13 heavy (non-hydrogen) atoms. The van der Waals surface area contributed by atoms with Crippen molar-refractivity contribution in [2.75, 3.05) is 0 Å². The van der Waals surface area contributed by atoms with Crippen LogP contribution in [0.3, 0.4) is 0 Å². The summed E-state index contributed by atoms with van der Waals surface area (Å²) in [4.78, 5) is 1.10. The maximum absolute atomic E-state index is 4.47. The van der Waals surface area contributed by atoms with Crippen molar-refractivity contribution in [1.82, 2.24) is 0 Å². The summed E-state index contributed by atoms with van der Waals surface area (Å²) in [6.07, 6.45) is 0. The van der Waals surface area contributed by atoms with Crippen LogP contribution < -0.4 is 0 Å². The minimum atomic E-state index is 0. The maximum atomic E-state index is 4.47. The third-order valence-corrected chi connectivity index (χ3v) is 12.0. The van der Waals surface area contributed by atoms with E-state index in [1.807, 2.05) is 0 Å². The molecule has 0 aromatic heterocycles. The second kappa shape index (κ2) is 7.61. The summed E-state index contributed by atoms with van der Waals surface area (Å²) >= 11 is 16.3. The van der Waals surface area contributed by atoms with Gasteiger partial charge in [-0.2, -0.15) is 0 Å². The SMILES string of the molecule is Sc1c(I)c(I)c(I)c(I)c1I.[Na]. The second-order valence-electron chi connectivity index (χ2n) is 1.92. The average molecular weight is 763 g/mol. The number of halogens is 5. The molecule has 1 aromatic carbocycles. The third-order valence-electron chi connectivity index (χ3n) is 1.19. The minimum Gasteiger partial charge on any atom is -0.141 e. The van der Waals surface area contributed by atoms with Gasteiger partial charge in [0.25, 0.3) is 0 Å². The van der Waals surface area contributed by atoms with Crippen LogP contribution in [-0.4, -0.2) is 29.6 Å². The van der Waals surface area contributed by atoms with Crippen LogP contribution in [0.15, 0.2) is 4.90 Å². The van der Waals surface area contributed by atoms with E-state index >= 15 is 0 Å². The predicted octanol–water partition coefficient (Wildman–Crippen LogP) is 4.62. The number of rotatable bonds is 0. The number of hydrogen-bond donors (Lipinski definition) is 1. The first-order chi connectivity index (χ1) is 5.46. The van der Waals surface area contributed by atoms with Crippen LogP contribution in [0.4, 0.5) is 0 Å². The molecule has 0 nitrogen and oxygen atoms in total. The van der Waals surface area contributed by atoms with Gasteiger partial charge >= 0.3 is 0 Å². The van der Waals surface area contributed by atoms with Crippen molar-refractivity contribution in [1.29, 1.82) is 0 Å². The molecule has 0 aliphatic rings. The van der Waals surface area contributed by atoms with E-state index < -0.39 is 0 Å². The molecular formula is C6HI5NaS. The van der Waals surface area contributed by atoms with E-state index in [9.17, 15) is 0 Å². The third kappa shape index (κ3) is 4.12. The molecule has 0 saturated carbocycles. The number of hydrogen-bond acceptors (Lipinski definition) is 1. The van der Waals surface area contributed by atoms with Gasteiger partial charge in [0.2, 0.25) is 0 Å². The van der Waals surface area contributed by atoms with Gasteiger partial charge in [-0.05, 0) is 113 Å². The Morgan fingerprint density at radius 2 is 0.846 bits per heavy atom. The molecular weight excluding hydrogens is 762 g/mol. The predicted molar refractivity (Wildman–Crippen MR) is 103 cm³/mol. The Balaban J connectivity index is 0.00000144. The van der Waals surface area contributed by atoms with Crippen molar-refractivity contribution in [3.05, 3.63) is 17.9 Å². The molecule has 0 saturated heterocycles. The Bertz CT molecular complexity index is 235. The molecule has 0 N–H and O–H groups in total. The monoisotopic (exact) mass is 762 g/mol. The fourth-order valence-corrected chi connectivity index (χ4v) is 6.00. The van der Waals surface area contributed by atoms with Crippen LogP contribution in [0.1, 0.15) is 0 Å². The molecule has 0 spiro atoms. The summed E-state index contributed by atoms with van der Waals surface area (Å²) in [5.41, 5.74) is 0. The van der Waals surface area contributed by atoms with E-state index in [4.69, 9.17) is 0 Å². The van der Waals surface area contributed by atoms with Gasteiger partial charge < -0.3 is 0 Å². The van der Waals surface area contributed by atoms with Crippen molar-refractivity contribution in [3.8, 4) is 0 Å². The zero-order chi connectivity index (χ0) is 9.46. The fraction of sp³-hybridized carbons (Fsp3) is 0. The Morgan fingerprint density at radius 1 is 0.615 bits per heavy atom. The van der Waals surface area contributed by atoms with Gasteiger partial charge in [-0.3, -0.25) is 0 Å². The molecule has 0 heterocycles. The maximum Gasteiger partial charge on any atom is 0.0420 e.